The van der Waals surface area contributed by atoms with E-state index in [0.717, 1.165) is 6.42 Å². The molecule has 0 spiro atoms. The summed E-state index contributed by atoms with van der Waals surface area (Å²) in [5, 5.41) is 3.68. The van der Waals surface area contributed by atoms with Crippen LogP contribution < -0.4 is 11.1 Å². The van der Waals surface area contributed by atoms with E-state index in [4.69, 9.17) is 28.9 Å². The lowest BCUT2D eigenvalue weighted by Crippen LogP contribution is -2.41. The molecule has 0 radical (unpaired) electrons. The van der Waals surface area contributed by atoms with Crippen molar-refractivity contribution in [2.45, 2.75) is 12.5 Å². The summed E-state index contributed by atoms with van der Waals surface area (Å²) in [6.45, 7) is 0. The summed E-state index contributed by atoms with van der Waals surface area (Å²) in [6.07, 6.45) is 6.54. The average molecular weight is 299 g/mol. The minimum Gasteiger partial charge on any atom is -0.369 e. The number of allylic oxidation sites excluding steroid dienone is 1. The minimum absolute atomic E-state index is 0.0871. The summed E-state index contributed by atoms with van der Waals surface area (Å²) in [6, 6.07) is -0.0871. The van der Waals surface area contributed by atoms with E-state index in [1.807, 2.05) is 0 Å². The van der Waals surface area contributed by atoms with Gasteiger partial charge in [-0.25, -0.2) is 4.98 Å². The highest BCUT2D eigenvalue weighted by molar-refractivity contribution is 6.33. The number of anilines is 1. The van der Waals surface area contributed by atoms with E-state index in [-0.39, 0.29) is 35.0 Å². The topological polar surface area (TPSA) is 80.9 Å². The van der Waals surface area contributed by atoms with Crippen LogP contribution in [-0.4, -0.2) is 21.9 Å². The third kappa shape index (κ3) is 2.17. The zero-order valence-corrected chi connectivity index (χ0v) is 11.4. The molecular weight excluding hydrogens is 287 g/mol. The van der Waals surface area contributed by atoms with Crippen molar-refractivity contribution in [2.24, 2.45) is 23.5 Å². The quantitative estimate of drug-likeness (QED) is 0.659. The van der Waals surface area contributed by atoms with E-state index in [9.17, 15) is 4.79 Å². The Morgan fingerprint density at radius 2 is 2.11 bits per heavy atom. The summed E-state index contributed by atoms with van der Waals surface area (Å²) in [5.41, 5.74) is 5.49. The van der Waals surface area contributed by atoms with Crippen LogP contribution in [0, 0.1) is 17.8 Å². The van der Waals surface area contributed by atoms with Crippen LogP contribution in [0.15, 0.2) is 18.3 Å². The monoisotopic (exact) mass is 298 g/mol. The molecule has 3 rings (SSSR count). The number of fused-ring (bicyclic) bond motifs is 2. The van der Waals surface area contributed by atoms with Gasteiger partial charge < -0.3 is 11.1 Å². The number of hydrogen-bond donors (Lipinski definition) is 2. The second kappa shape index (κ2) is 4.65. The number of nitrogens with zero attached hydrogens (tertiary/aromatic N) is 2. The molecule has 0 saturated heterocycles. The van der Waals surface area contributed by atoms with Gasteiger partial charge in [-0.2, -0.15) is 4.98 Å². The lowest BCUT2D eigenvalue weighted by molar-refractivity contribution is -0.122. The van der Waals surface area contributed by atoms with Crippen molar-refractivity contribution in [2.75, 3.05) is 5.32 Å². The van der Waals surface area contributed by atoms with Crippen LogP contribution in [0.5, 0.6) is 0 Å². The summed E-state index contributed by atoms with van der Waals surface area (Å²) in [7, 11) is 0. The molecule has 1 heterocycles. The molecule has 1 aromatic rings. The van der Waals surface area contributed by atoms with Crippen molar-refractivity contribution in [3.8, 4) is 0 Å². The van der Waals surface area contributed by atoms with Gasteiger partial charge in [-0.15, -0.1) is 0 Å². The van der Waals surface area contributed by atoms with Crippen LogP contribution in [0.2, 0.25) is 10.3 Å². The maximum Gasteiger partial charge on any atom is 0.224 e. The van der Waals surface area contributed by atoms with Gasteiger partial charge in [0.1, 0.15) is 10.8 Å². The van der Waals surface area contributed by atoms with Crippen LogP contribution in [0.4, 0.5) is 5.82 Å². The molecule has 3 N–H and O–H groups in total. The van der Waals surface area contributed by atoms with E-state index in [0.29, 0.717) is 10.8 Å². The molecule has 7 heteroatoms. The number of hydrogen-bond acceptors (Lipinski definition) is 4. The highest BCUT2D eigenvalue weighted by Gasteiger charge is 2.47. The van der Waals surface area contributed by atoms with Crippen molar-refractivity contribution in [1.82, 2.24) is 9.97 Å². The van der Waals surface area contributed by atoms with Gasteiger partial charge in [0.2, 0.25) is 11.2 Å². The molecule has 19 heavy (non-hydrogen) atoms. The second-order valence-corrected chi connectivity index (χ2v) is 5.63. The van der Waals surface area contributed by atoms with Crippen molar-refractivity contribution in [3.63, 3.8) is 0 Å². The Kier molecular flexibility index (Phi) is 3.11. The van der Waals surface area contributed by atoms with Crippen molar-refractivity contribution in [1.29, 1.82) is 0 Å². The smallest absolute Gasteiger partial charge is 0.224 e. The van der Waals surface area contributed by atoms with E-state index < -0.39 is 0 Å². The van der Waals surface area contributed by atoms with Gasteiger partial charge in [-0.05, 0) is 29.9 Å². The Labute approximate surface area is 120 Å². The van der Waals surface area contributed by atoms with Gasteiger partial charge in [0.15, 0.2) is 0 Å². The molecule has 5 nitrogen and oxygen atoms in total. The molecular formula is C12H12Cl2N4O. The Morgan fingerprint density at radius 3 is 2.84 bits per heavy atom. The lowest BCUT2D eigenvalue weighted by atomic mass is 9.88. The number of rotatable bonds is 3. The molecule has 100 valence electrons. The van der Waals surface area contributed by atoms with E-state index in [1.165, 1.54) is 6.20 Å². The maximum absolute atomic E-state index is 11.6. The molecule has 4 unspecified atom stereocenters. The third-order valence-electron chi connectivity index (χ3n) is 3.81. The molecule has 0 aliphatic heterocycles. The third-order valence-corrected chi connectivity index (χ3v) is 4.26. The van der Waals surface area contributed by atoms with E-state index >= 15 is 0 Å². The Bertz CT molecular complexity index is 563. The summed E-state index contributed by atoms with van der Waals surface area (Å²) < 4.78 is 0. The summed E-state index contributed by atoms with van der Waals surface area (Å²) in [4.78, 5) is 19.4. The zero-order valence-electron chi connectivity index (χ0n) is 9.88. The van der Waals surface area contributed by atoms with E-state index in [2.05, 4.69) is 27.4 Å². The number of nitrogens with one attached hydrogen (secondary N) is 1. The molecule has 4 atom stereocenters. The molecule has 2 aliphatic carbocycles. The van der Waals surface area contributed by atoms with Crippen LogP contribution >= 0.6 is 23.2 Å². The standard InChI is InChI=1S/C12H12Cl2N4O/c13-7-4-16-12(14)18-11(7)17-9-6-2-1-5(3-6)8(9)10(15)19/h1-2,4-6,8-9H,3H2,(H2,15,19)(H,16,17,18). The molecule has 2 bridgehead atoms. The molecule has 0 aromatic carbocycles. The van der Waals surface area contributed by atoms with Gasteiger partial charge in [0.25, 0.3) is 0 Å². The first-order chi connectivity index (χ1) is 9.06. The van der Waals surface area contributed by atoms with Gasteiger partial charge in [0, 0.05) is 6.04 Å². The zero-order chi connectivity index (χ0) is 13.6. The SMILES string of the molecule is NC(=O)C1C2C=CC(C2)C1Nc1nc(Cl)ncc1Cl. The highest BCUT2D eigenvalue weighted by atomic mass is 35.5. The number of amides is 1. The molecule has 2 aliphatic rings. The maximum atomic E-state index is 11.6. The fraction of sp³-hybridized carbons (Fsp3) is 0.417. The largest absolute Gasteiger partial charge is 0.369 e. The molecule has 1 aromatic heterocycles. The number of nitrogens with two attached hydrogens (primary N) is 1. The number of carbonyl (C=O) groups is 1. The predicted molar refractivity (Wildman–Crippen MR) is 72.9 cm³/mol. The number of primary amides is 1. The van der Waals surface area contributed by atoms with Gasteiger partial charge >= 0.3 is 0 Å². The normalized spacial score (nSPS) is 31.7. The van der Waals surface area contributed by atoms with Gasteiger partial charge in [-0.1, -0.05) is 23.8 Å². The van der Waals surface area contributed by atoms with Crippen molar-refractivity contribution < 1.29 is 4.79 Å². The lowest BCUT2D eigenvalue weighted by Gasteiger charge is -2.27. The number of aromatic nitrogens is 2. The van der Waals surface area contributed by atoms with Crippen molar-refractivity contribution in [3.05, 3.63) is 28.7 Å². The highest BCUT2D eigenvalue weighted by Crippen LogP contribution is 2.45. The first kappa shape index (κ1) is 12.7. The van der Waals surface area contributed by atoms with Crippen LogP contribution in [0.3, 0.4) is 0 Å². The van der Waals surface area contributed by atoms with Crippen LogP contribution in [0.25, 0.3) is 0 Å². The van der Waals surface area contributed by atoms with Crippen LogP contribution in [0.1, 0.15) is 6.42 Å². The van der Waals surface area contributed by atoms with Crippen LogP contribution in [-0.2, 0) is 4.79 Å². The average Bonchev–Trinajstić information content (AvgIpc) is 2.94. The number of halogens is 2. The van der Waals surface area contributed by atoms with Gasteiger partial charge in [0.05, 0.1) is 12.1 Å². The molecule has 1 saturated carbocycles. The summed E-state index contributed by atoms with van der Waals surface area (Å²) >= 11 is 11.8. The number of carbonyl (C=O) groups excluding carboxylic acids is 1. The second-order valence-electron chi connectivity index (χ2n) is 4.88. The summed E-state index contributed by atoms with van der Waals surface area (Å²) in [5.74, 6) is 0.382. The Morgan fingerprint density at radius 1 is 1.37 bits per heavy atom. The fourth-order valence-electron chi connectivity index (χ4n) is 3.01. The predicted octanol–water partition coefficient (Wildman–Crippen LogP) is 1.87. The van der Waals surface area contributed by atoms with Crippen molar-refractivity contribution >= 4 is 34.9 Å². The molecule has 1 amide bonds. The molecule has 1 fully saturated rings. The van der Waals surface area contributed by atoms with E-state index in [1.54, 1.807) is 0 Å². The fourth-order valence-corrected chi connectivity index (χ4v) is 3.29. The Hall–Kier alpha value is -1.33. The minimum atomic E-state index is -0.300. The first-order valence-corrected chi connectivity index (χ1v) is 6.74. The Balaban J connectivity index is 1.88. The first-order valence-electron chi connectivity index (χ1n) is 5.98. The van der Waals surface area contributed by atoms with Gasteiger partial charge in [-0.3, -0.25) is 4.79 Å².